The Balaban J connectivity index is 0. The second-order valence-corrected chi connectivity index (χ2v) is 3.17. The third kappa shape index (κ3) is 8.65. The summed E-state index contributed by atoms with van der Waals surface area (Å²) < 4.78 is 0.861. The molecule has 0 saturated carbocycles. The van der Waals surface area contributed by atoms with Crippen LogP contribution in [-0.2, 0) is 9.59 Å². The third-order valence-electron chi connectivity index (χ3n) is 1.61. The summed E-state index contributed by atoms with van der Waals surface area (Å²) >= 11 is 0. The van der Waals surface area contributed by atoms with Crippen LogP contribution in [0, 0.1) is 11.3 Å². The number of aromatic hydroxyl groups is 1. The molecule has 0 heterocycles. The predicted octanol–water partition coefficient (Wildman–Crippen LogP) is -2.05. The van der Waals surface area contributed by atoms with Crippen LogP contribution in [-0.4, -0.2) is 28.3 Å². The van der Waals surface area contributed by atoms with E-state index >= 15 is 0 Å². The maximum atomic E-state index is 11.2. The van der Waals surface area contributed by atoms with E-state index in [9.17, 15) is 5.21 Å². The summed E-state index contributed by atoms with van der Waals surface area (Å²) in [7, 11) is 0. The van der Waals surface area contributed by atoms with E-state index in [1.54, 1.807) is 12.1 Å². The van der Waals surface area contributed by atoms with Crippen molar-refractivity contribution in [1.82, 2.24) is 0 Å². The number of benzene rings is 1. The van der Waals surface area contributed by atoms with Gasteiger partial charge < -0.3 is 10.3 Å². The predicted molar refractivity (Wildman–Crippen MR) is 55.9 cm³/mol. The van der Waals surface area contributed by atoms with Gasteiger partial charge in [0, 0.05) is 5.75 Å². The first-order valence-electron chi connectivity index (χ1n) is 4.51. The number of hydroxylamine groups is 1. The molecule has 0 unspecified atom stereocenters. The smallest absolute Gasteiger partial charge is 0.624 e. The van der Waals surface area contributed by atoms with Crippen molar-refractivity contribution in [3.63, 3.8) is 0 Å². The van der Waals surface area contributed by atoms with Gasteiger partial charge in [0.15, 0.2) is 6.04 Å². The Morgan fingerprint density at radius 3 is 2.35 bits per heavy atom. The van der Waals surface area contributed by atoms with E-state index < -0.39 is 0 Å². The molecule has 1 aromatic carbocycles. The summed E-state index contributed by atoms with van der Waals surface area (Å²) in [6, 6.07) is 7.27. The zero-order valence-electron chi connectivity index (χ0n) is 10.0. The Hall–Kier alpha value is -1.13. The van der Waals surface area contributed by atoms with Crippen LogP contribution in [0.25, 0.3) is 0 Å². The first kappa shape index (κ1) is 18.2. The minimum atomic E-state index is -0.0752. The van der Waals surface area contributed by atoms with Crippen molar-refractivity contribution >= 4 is 12.4 Å². The van der Waals surface area contributed by atoms with Crippen LogP contribution in [0.1, 0.15) is 19.4 Å². The SMILES string of the molecule is CC(C)/[N+]([O-])=C/c1c[c-]c(O)cc1.O=C=O.[Na+]. The summed E-state index contributed by atoms with van der Waals surface area (Å²) in [4.78, 5) is 16.2. The second-order valence-electron chi connectivity index (χ2n) is 3.17. The fourth-order valence-corrected chi connectivity index (χ4v) is 0.805. The van der Waals surface area contributed by atoms with E-state index in [-0.39, 0.29) is 47.5 Å². The van der Waals surface area contributed by atoms with Gasteiger partial charge in [-0.2, -0.15) is 21.7 Å². The maximum absolute atomic E-state index is 11.2. The Morgan fingerprint density at radius 2 is 2.00 bits per heavy atom. The molecule has 17 heavy (non-hydrogen) atoms. The van der Waals surface area contributed by atoms with Crippen molar-refractivity contribution in [1.29, 1.82) is 0 Å². The molecule has 0 radical (unpaired) electrons. The van der Waals surface area contributed by atoms with Gasteiger partial charge in [-0.15, -0.1) is 12.1 Å². The Bertz CT molecular complexity index is 381. The molecule has 0 aliphatic carbocycles. The van der Waals surface area contributed by atoms with Crippen LogP contribution in [0.4, 0.5) is 0 Å². The summed E-state index contributed by atoms with van der Waals surface area (Å²) in [6.07, 6.45) is 1.72. The van der Waals surface area contributed by atoms with Gasteiger partial charge in [-0.05, 0) is 13.8 Å². The van der Waals surface area contributed by atoms with Gasteiger partial charge in [0.1, 0.15) is 6.21 Å². The molecule has 0 spiro atoms. The van der Waals surface area contributed by atoms with E-state index in [1.807, 2.05) is 13.8 Å². The first-order valence-corrected chi connectivity index (χ1v) is 4.51. The van der Waals surface area contributed by atoms with E-state index in [0.717, 1.165) is 10.3 Å². The van der Waals surface area contributed by atoms with Crippen molar-refractivity contribution in [3.8, 4) is 5.75 Å². The monoisotopic (exact) mass is 245 g/mol. The van der Waals surface area contributed by atoms with Crippen molar-refractivity contribution in [2.45, 2.75) is 19.9 Å². The number of hydrogen-bond donors (Lipinski definition) is 1. The van der Waals surface area contributed by atoms with E-state index in [0.29, 0.717) is 0 Å². The zero-order chi connectivity index (χ0) is 12.6. The molecule has 0 fully saturated rings. The molecule has 6 heteroatoms. The molecule has 86 valence electrons. The Labute approximate surface area is 122 Å². The molecule has 0 atom stereocenters. The molecular formula is C11H12NNaO4. The number of phenols is 1. The van der Waals surface area contributed by atoms with Gasteiger partial charge in [-0.1, -0.05) is 5.56 Å². The molecule has 1 aromatic rings. The molecule has 0 saturated heterocycles. The summed E-state index contributed by atoms with van der Waals surface area (Å²) in [5, 5.41) is 20.1. The fourth-order valence-electron chi connectivity index (χ4n) is 0.805. The van der Waals surface area contributed by atoms with Gasteiger partial charge in [0.25, 0.3) is 0 Å². The number of carbonyl (C=O) groups excluding carboxylic acids is 2. The van der Waals surface area contributed by atoms with Crippen LogP contribution in [0.2, 0.25) is 0 Å². The molecule has 1 N–H and O–H groups in total. The van der Waals surface area contributed by atoms with E-state index in [1.165, 1.54) is 12.3 Å². The average molecular weight is 245 g/mol. The minimum Gasteiger partial charge on any atom is -0.624 e. The normalized spacial score (nSPS) is 9.71. The maximum Gasteiger partial charge on any atom is 1.00 e. The van der Waals surface area contributed by atoms with Crippen LogP contribution >= 0.6 is 0 Å². The first-order chi connectivity index (χ1) is 7.51. The van der Waals surface area contributed by atoms with Crippen molar-refractivity contribution in [2.75, 3.05) is 0 Å². The number of nitrogens with zero attached hydrogens (tertiary/aromatic N) is 1. The van der Waals surface area contributed by atoms with Gasteiger partial charge in [0.05, 0.1) is 0 Å². The van der Waals surface area contributed by atoms with Gasteiger partial charge in [0.2, 0.25) is 0 Å². The van der Waals surface area contributed by atoms with Crippen LogP contribution < -0.4 is 29.6 Å². The number of rotatable bonds is 2. The fraction of sp³-hybridized carbons (Fsp3) is 0.273. The summed E-state index contributed by atoms with van der Waals surface area (Å²) in [5.41, 5.74) is 0.738. The van der Waals surface area contributed by atoms with Crippen LogP contribution in [0.3, 0.4) is 0 Å². The average Bonchev–Trinajstić information content (AvgIpc) is 2.22. The number of phenolic OH excluding ortho intramolecular Hbond substituents is 1. The summed E-state index contributed by atoms with van der Waals surface area (Å²) in [6.45, 7) is 3.63. The molecule has 0 bridgehead atoms. The van der Waals surface area contributed by atoms with E-state index in [4.69, 9.17) is 14.7 Å². The van der Waals surface area contributed by atoms with Crippen molar-refractivity contribution < 1.29 is 49.0 Å². The van der Waals surface area contributed by atoms with Crippen molar-refractivity contribution in [3.05, 3.63) is 35.0 Å². The topological polar surface area (TPSA) is 80.4 Å². The standard InChI is InChI=1S/C10H12NO2.CO2.Na/c1-8(2)11(13)7-9-3-5-10(12)6-4-9;2-1-3;/h3-5,7-8,12H,1-2H3;;/q-1;;+1/b11-7-;;. The zero-order valence-corrected chi connectivity index (χ0v) is 12.0. The Morgan fingerprint density at radius 1 is 1.47 bits per heavy atom. The van der Waals surface area contributed by atoms with Crippen molar-refractivity contribution in [2.24, 2.45) is 0 Å². The molecule has 0 aromatic heterocycles. The van der Waals surface area contributed by atoms with Crippen LogP contribution in [0.15, 0.2) is 18.2 Å². The molecule has 0 aliphatic rings. The largest absolute Gasteiger partial charge is 1.00 e. The van der Waals surface area contributed by atoms with Crippen LogP contribution in [0.5, 0.6) is 5.75 Å². The van der Waals surface area contributed by atoms with Gasteiger partial charge in [-0.3, -0.25) is 0 Å². The second kappa shape index (κ2) is 10.1. The number of hydrogen-bond acceptors (Lipinski definition) is 4. The Kier molecular flexibility index (Phi) is 10.8. The molecule has 5 nitrogen and oxygen atoms in total. The quantitative estimate of drug-likeness (QED) is 0.162. The van der Waals surface area contributed by atoms with Gasteiger partial charge >= 0.3 is 35.7 Å². The molecule has 0 aliphatic heterocycles. The minimum absolute atomic E-state index is 0. The van der Waals surface area contributed by atoms with Gasteiger partial charge in [-0.25, -0.2) is 4.74 Å². The summed E-state index contributed by atoms with van der Waals surface area (Å²) in [5.74, 6) is 0.0825. The third-order valence-corrected chi connectivity index (χ3v) is 1.61. The molecular weight excluding hydrogens is 233 g/mol. The molecule has 1 rings (SSSR count). The van der Waals surface area contributed by atoms with E-state index in [2.05, 4.69) is 6.07 Å². The molecule has 0 amide bonds.